The van der Waals surface area contributed by atoms with Crippen LogP contribution in [0.15, 0.2) is 24.3 Å². The molecular weight excluding hydrogens is 358 g/mol. The SMILES string of the molecule is CCCCCCCCNC(=O)C(C)(C)Oc1ccc(C[C@H](OC)C(=O)O)cc1. The molecule has 0 spiro atoms. The Morgan fingerprint density at radius 1 is 1.07 bits per heavy atom. The van der Waals surface area contributed by atoms with Gasteiger partial charge in [-0.05, 0) is 38.0 Å². The monoisotopic (exact) mass is 393 g/mol. The molecule has 6 heteroatoms. The summed E-state index contributed by atoms with van der Waals surface area (Å²) in [4.78, 5) is 23.5. The highest BCUT2D eigenvalue weighted by Crippen LogP contribution is 2.20. The van der Waals surface area contributed by atoms with E-state index in [0.29, 0.717) is 12.3 Å². The number of benzene rings is 1. The first-order valence-electron chi connectivity index (χ1n) is 10.1. The van der Waals surface area contributed by atoms with Crippen molar-refractivity contribution >= 4 is 11.9 Å². The molecule has 1 rings (SSSR count). The van der Waals surface area contributed by atoms with Crippen molar-refractivity contribution in [2.24, 2.45) is 0 Å². The molecule has 0 aliphatic rings. The number of rotatable bonds is 14. The van der Waals surface area contributed by atoms with Crippen LogP contribution in [0, 0.1) is 0 Å². The molecule has 0 unspecified atom stereocenters. The Morgan fingerprint density at radius 2 is 1.68 bits per heavy atom. The maximum atomic E-state index is 12.4. The number of unbranched alkanes of at least 4 members (excludes halogenated alkanes) is 5. The van der Waals surface area contributed by atoms with Gasteiger partial charge in [0.15, 0.2) is 11.7 Å². The zero-order chi connectivity index (χ0) is 21.0. The topological polar surface area (TPSA) is 84.9 Å². The lowest BCUT2D eigenvalue weighted by Crippen LogP contribution is -2.46. The van der Waals surface area contributed by atoms with E-state index in [9.17, 15) is 9.59 Å². The summed E-state index contributed by atoms with van der Waals surface area (Å²) >= 11 is 0. The summed E-state index contributed by atoms with van der Waals surface area (Å²) in [6, 6.07) is 7.06. The molecule has 158 valence electrons. The molecule has 1 amide bonds. The molecule has 6 nitrogen and oxygen atoms in total. The summed E-state index contributed by atoms with van der Waals surface area (Å²) in [5.74, 6) is -0.575. The van der Waals surface area contributed by atoms with E-state index in [1.807, 2.05) is 0 Å². The summed E-state index contributed by atoms with van der Waals surface area (Å²) in [6.45, 7) is 6.33. The molecule has 0 fully saturated rings. The van der Waals surface area contributed by atoms with Crippen LogP contribution >= 0.6 is 0 Å². The van der Waals surface area contributed by atoms with Gasteiger partial charge in [-0.15, -0.1) is 0 Å². The lowest BCUT2D eigenvalue weighted by molar-refractivity contribution is -0.148. The first kappa shape index (κ1) is 24.0. The van der Waals surface area contributed by atoms with Gasteiger partial charge in [0.2, 0.25) is 0 Å². The minimum absolute atomic E-state index is 0.143. The van der Waals surface area contributed by atoms with Crippen LogP contribution in [0.5, 0.6) is 5.75 Å². The fraction of sp³-hybridized carbons (Fsp3) is 0.636. The number of carboxylic acids is 1. The van der Waals surface area contributed by atoms with Crippen LogP contribution in [0.2, 0.25) is 0 Å². The Hall–Kier alpha value is -2.08. The van der Waals surface area contributed by atoms with E-state index >= 15 is 0 Å². The molecule has 0 saturated carbocycles. The summed E-state index contributed by atoms with van der Waals surface area (Å²) < 4.78 is 10.8. The number of hydrogen-bond donors (Lipinski definition) is 2. The average Bonchev–Trinajstić information content (AvgIpc) is 2.66. The molecule has 28 heavy (non-hydrogen) atoms. The second kappa shape index (κ2) is 12.4. The third-order valence-corrected chi connectivity index (χ3v) is 4.64. The molecular formula is C22H35NO5. The van der Waals surface area contributed by atoms with E-state index in [-0.39, 0.29) is 12.3 Å². The van der Waals surface area contributed by atoms with Crippen LogP contribution in [-0.4, -0.2) is 42.3 Å². The van der Waals surface area contributed by atoms with Crippen molar-refractivity contribution < 1.29 is 24.2 Å². The molecule has 0 aliphatic heterocycles. The van der Waals surface area contributed by atoms with Crippen LogP contribution in [0.1, 0.15) is 64.9 Å². The minimum Gasteiger partial charge on any atom is -0.479 e. The second-order valence-electron chi connectivity index (χ2n) is 7.55. The molecule has 0 heterocycles. The van der Waals surface area contributed by atoms with Gasteiger partial charge in [0.1, 0.15) is 5.75 Å². The Morgan fingerprint density at radius 3 is 2.25 bits per heavy atom. The number of amides is 1. The second-order valence-corrected chi connectivity index (χ2v) is 7.55. The normalized spacial score (nSPS) is 12.4. The predicted molar refractivity (Wildman–Crippen MR) is 110 cm³/mol. The third-order valence-electron chi connectivity index (χ3n) is 4.64. The molecule has 1 aromatic carbocycles. The van der Waals surface area contributed by atoms with E-state index in [1.165, 1.54) is 32.8 Å². The van der Waals surface area contributed by atoms with E-state index in [2.05, 4.69) is 12.2 Å². The Balaban J connectivity index is 2.45. The van der Waals surface area contributed by atoms with Gasteiger partial charge in [0, 0.05) is 20.1 Å². The van der Waals surface area contributed by atoms with Crippen LogP contribution in [-0.2, 0) is 20.7 Å². The number of carbonyl (C=O) groups excluding carboxylic acids is 1. The number of nitrogens with one attached hydrogen (secondary N) is 1. The molecule has 1 atom stereocenters. The number of carboxylic acid groups (broad SMARTS) is 1. The fourth-order valence-corrected chi connectivity index (χ4v) is 2.84. The molecule has 0 aliphatic carbocycles. The molecule has 0 bridgehead atoms. The van der Waals surface area contributed by atoms with Gasteiger partial charge in [-0.1, -0.05) is 51.2 Å². The van der Waals surface area contributed by atoms with Crippen LogP contribution in [0.25, 0.3) is 0 Å². The van der Waals surface area contributed by atoms with Crippen molar-refractivity contribution in [1.29, 1.82) is 0 Å². The molecule has 0 radical (unpaired) electrons. The standard InChI is InChI=1S/C22H35NO5/c1-5-6-7-8-9-10-15-23-21(26)22(2,3)28-18-13-11-17(12-14-18)16-19(27-4)20(24)25/h11-14,19H,5-10,15-16H2,1-4H3,(H,23,26)(H,24,25)/t19-/m0/s1. The van der Waals surface area contributed by atoms with Crippen molar-refractivity contribution in [2.75, 3.05) is 13.7 Å². The molecule has 0 saturated heterocycles. The van der Waals surface area contributed by atoms with E-state index in [0.717, 1.165) is 18.4 Å². The molecule has 0 aromatic heterocycles. The van der Waals surface area contributed by atoms with Gasteiger partial charge >= 0.3 is 5.97 Å². The van der Waals surface area contributed by atoms with Crippen molar-refractivity contribution in [3.63, 3.8) is 0 Å². The van der Waals surface area contributed by atoms with Crippen molar-refractivity contribution in [3.05, 3.63) is 29.8 Å². The van der Waals surface area contributed by atoms with Gasteiger partial charge in [0.25, 0.3) is 5.91 Å². The van der Waals surface area contributed by atoms with E-state index in [1.54, 1.807) is 38.1 Å². The summed E-state index contributed by atoms with van der Waals surface area (Å²) in [5.41, 5.74) is -0.160. The van der Waals surface area contributed by atoms with E-state index in [4.69, 9.17) is 14.6 Å². The predicted octanol–water partition coefficient (Wildman–Crippen LogP) is 3.96. The highest BCUT2D eigenvalue weighted by atomic mass is 16.5. The van der Waals surface area contributed by atoms with Crippen LogP contribution < -0.4 is 10.1 Å². The van der Waals surface area contributed by atoms with Gasteiger partial charge in [-0.3, -0.25) is 4.79 Å². The van der Waals surface area contributed by atoms with Crippen molar-refractivity contribution in [2.45, 2.75) is 77.4 Å². The zero-order valence-corrected chi connectivity index (χ0v) is 17.6. The van der Waals surface area contributed by atoms with E-state index < -0.39 is 17.7 Å². The van der Waals surface area contributed by atoms with Gasteiger partial charge in [0.05, 0.1) is 0 Å². The number of aliphatic carboxylic acids is 1. The maximum absolute atomic E-state index is 12.4. The molecule has 2 N–H and O–H groups in total. The summed E-state index contributed by atoms with van der Waals surface area (Å²) in [7, 11) is 1.38. The summed E-state index contributed by atoms with van der Waals surface area (Å²) in [5, 5.41) is 12.0. The number of ether oxygens (including phenoxy) is 2. The molecule has 1 aromatic rings. The highest BCUT2D eigenvalue weighted by Gasteiger charge is 2.29. The maximum Gasteiger partial charge on any atom is 0.333 e. The Labute approximate surface area is 168 Å². The number of carbonyl (C=O) groups is 2. The van der Waals surface area contributed by atoms with Crippen molar-refractivity contribution in [1.82, 2.24) is 5.32 Å². The largest absolute Gasteiger partial charge is 0.479 e. The number of methoxy groups -OCH3 is 1. The van der Waals surface area contributed by atoms with Crippen LogP contribution in [0.3, 0.4) is 0 Å². The van der Waals surface area contributed by atoms with Gasteiger partial charge < -0.3 is 19.9 Å². The fourth-order valence-electron chi connectivity index (χ4n) is 2.84. The minimum atomic E-state index is -0.994. The van der Waals surface area contributed by atoms with Gasteiger partial charge in [-0.25, -0.2) is 4.79 Å². The summed E-state index contributed by atoms with van der Waals surface area (Å²) in [6.07, 6.45) is 6.47. The van der Waals surface area contributed by atoms with Crippen molar-refractivity contribution in [3.8, 4) is 5.75 Å². The third kappa shape index (κ3) is 8.74. The first-order valence-corrected chi connectivity index (χ1v) is 10.1. The zero-order valence-electron chi connectivity index (χ0n) is 17.6. The Kier molecular flexibility index (Phi) is 10.6. The first-order chi connectivity index (χ1) is 13.3. The average molecular weight is 394 g/mol. The lowest BCUT2D eigenvalue weighted by Gasteiger charge is -2.25. The van der Waals surface area contributed by atoms with Crippen LogP contribution in [0.4, 0.5) is 0 Å². The quantitative estimate of drug-likeness (QED) is 0.467. The smallest absolute Gasteiger partial charge is 0.333 e. The Bertz CT molecular complexity index is 597. The number of hydrogen-bond acceptors (Lipinski definition) is 4. The highest BCUT2D eigenvalue weighted by molar-refractivity contribution is 5.84. The lowest BCUT2D eigenvalue weighted by atomic mass is 10.1. The van der Waals surface area contributed by atoms with Gasteiger partial charge in [-0.2, -0.15) is 0 Å².